The minimum Gasteiger partial charge on any atom is -0.491 e. The predicted molar refractivity (Wildman–Crippen MR) is 65.2 cm³/mol. The van der Waals surface area contributed by atoms with Crippen molar-refractivity contribution in [2.75, 3.05) is 6.61 Å². The maximum Gasteiger partial charge on any atom is 0.144 e. The Hall–Kier alpha value is -1.57. The molecule has 1 aliphatic rings. The van der Waals surface area contributed by atoms with E-state index in [2.05, 4.69) is 32.9 Å². The number of aryl methyl sites for hydroxylation is 3. The second-order valence-electron chi connectivity index (χ2n) is 4.59. The van der Waals surface area contributed by atoms with Crippen LogP contribution in [0.5, 0.6) is 5.75 Å². The van der Waals surface area contributed by atoms with E-state index in [1.807, 2.05) is 0 Å². The van der Waals surface area contributed by atoms with E-state index < -0.39 is 0 Å². The lowest BCUT2D eigenvalue weighted by Gasteiger charge is -2.10. The van der Waals surface area contributed by atoms with Crippen molar-refractivity contribution in [3.8, 4) is 5.75 Å². The summed E-state index contributed by atoms with van der Waals surface area (Å²) in [4.78, 5) is 4.73. The average Bonchev–Trinajstić information content (AvgIpc) is 2.68. The zero-order valence-electron chi connectivity index (χ0n) is 9.92. The summed E-state index contributed by atoms with van der Waals surface area (Å²) < 4.78 is 5.65. The van der Waals surface area contributed by atoms with Crippen LogP contribution in [0.25, 0.3) is 10.9 Å². The van der Waals surface area contributed by atoms with Gasteiger partial charge in [-0.25, -0.2) is 4.98 Å². The fraction of sp³-hybridized carbons (Fsp3) is 0.357. The molecular formula is C14H15NO. The van der Waals surface area contributed by atoms with Crippen LogP contribution in [0.2, 0.25) is 0 Å². The molecule has 0 N–H and O–H groups in total. The number of rotatable bonds is 0. The number of ether oxygens (including phenoxy) is 1. The van der Waals surface area contributed by atoms with Crippen LogP contribution in [0.1, 0.15) is 22.4 Å². The standard InChI is InChI=1S/C14H15NO/c1-8-6-9(2)13-11(7-8)10(3)14-12(15-13)4-5-16-14/h6-7H,4-5H2,1-3H3. The van der Waals surface area contributed by atoms with Gasteiger partial charge in [0.05, 0.1) is 17.8 Å². The van der Waals surface area contributed by atoms with Gasteiger partial charge in [0.25, 0.3) is 0 Å². The largest absolute Gasteiger partial charge is 0.491 e. The number of aromatic nitrogens is 1. The summed E-state index contributed by atoms with van der Waals surface area (Å²) in [5, 5.41) is 1.23. The molecule has 2 heteroatoms. The van der Waals surface area contributed by atoms with Crippen LogP contribution in [-0.2, 0) is 6.42 Å². The monoisotopic (exact) mass is 213 g/mol. The first-order valence-electron chi connectivity index (χ1n) is 5.70. The van der Waals surface area contributed by atoms with Crippen molar-refractivity contribution in [1.82, 2.24) is 4.98 Å². The summed E-state index contributed by atoms with van der Waals surface area (Å²) in [6.45, 7) is 7.16. The van der Waals surface area contributed by atoms with E-state index in [4.69, 9.17) is 9.72 Å². The summed E-state index contributed by atoms with van der Waals surface area (Å²) >= 11 is 0. The molecule has 2 heterocycles. The van der Waals surface area contributed by atoms with Crippen LogP contribution in [0.4, 0.5) is 0 Å². The van der Waals surface area contributed by atoms with Crippen molar-refractivity contribution >= 4 is 10.9 Å². The Kier molecular flexibility index (Phi) is 1.93. The summed E-state index contributed by atoms with van der Waals surface area (Å²) in [5.41, 5.74) is 6.04. The summed E-state index contributed by atoms with van der Waals surface area (Å²) in [6.07, 6.45) is 0.944. The Bertz CT molecular complexity index is 587. The lowest BCUT2D eigenvalue weighted by Crippen LogP contribution is -1.93. The van der Waals surface area contributed by atoms with E-state index in [0.29, 0.717) is 0 Å². The fourth-order valence-electron chi connectivity index (χ4n) is 2.53. The zero-order valence-corrected chi connectivity index (χ0v) is 9.92. The highest BCUT2D eigenvalue weighted by atomic mass is 16.5. The third-order valence-electron chi connectivity index (χ3n) is 3.28. The second kappa shape index (κ2) is 3.21. The van der Waals surface area contributed by atoms with Crippen LogP contribution < -0.4 is 4.74 Å². The molecule has 82 valence electrons. The number of benzene rings is 1. The maximum atomic E-state index is 5.65. The van der Waals surface area contributed by atoms with E-state index in [1.54, 1.807) is 0 Å². The van der Waals surface area contributed by atoms with Crippen molar-refractivity contribution < 1.29 is 4.74 Å². The molecule has 1 aromatic carbocycles. The van der Waals surface area contributed by atoms with E-state index >= 15 is 0 Å². The van der Waals surface area contributed by atoms with Gasteiger partial charge in [-0.1, -0.05) is 11.6 Å². The van der Waals surface area contributed by atoms with Crippen LogP contribution in [0.3, 0.4) is 0 Å². The second-order valence-corrected chi connectivity index (χ2v) is 4.59. The molecule has 0 saturated heterocycles. The molecule has 0 spiro atoms. The van der Waals surface area contributed by atoms with Crippen molar-refractivity contribution in [3.63, 3.8) is 0 Å². The Morgan fingerprint density at radius 3 is 2.81 bits per heavy atom. The van der Waals surface area contributed by atoms with Crippen LogP contribution in [0.15, 0.2) is 12.1 Å². The topological polar surface area (TPSA) is 22.1 Å². The number of pyridine rings is 1. The van der Waals surface area contributed by atoms with Crippen molar-refractivity contribution in [3.05, 3.63) is 34.5 Å². The van der Waals surface area contributed by atoms with Gasteiger partial charge < -0.3 is 4.74 Å². The summed E-state index contributed by atoms with van der Waals surface area (Å²) in [6, 6.07) is 4.39. The number of hydrogen-bond donors (Lipinski definition) is 0. The third-order valence-corrected chi connectivity index (χ3v) is 3.28. The first-order chi connectivity index (χ1) is 7.66. The Balaban J connectivity index is 2.46. The molecule has 0 amide bonds. The maximum absolute atomic E-state index is 5.65. The summed E-state index contributed by atoms with van der Waals surface area (Å²) in [7, 11) is 0. The van der Waals surface area contributed by atoms with Gasteiger partial charge in [-0.3, -0.25) is 0 Å². The minimum atomic E-state index is 0.775. The zero-order chi connectivity index (χ0) is 11.3. The molecule has 1 aromatic heterocycles. The molecule has 0 fully saturated rings. The number of nitrogens with zero attached hydrogens (tertiary/aromatic N) is 1. The van der Waals surface area contributed by atoms with E-state index in [9.17, 15) is 0 Å². The Labute approximate surface area is 95.3 Å². The third kappa shape index (κ3) is 1.22. The minimum absolute atomic E-state index is 0.775. The number of fused-ring (bicyclic) bond motifs is 2. The molecule has 0 aliphatic carbocycles. The lowest BCUT2D eigenvalue weighted by molar-refractivity contribution is 0.355. The van der Waals surface area contributed by atoms with Crippen LogP contribution in [-0.4, -0.2) is 11.6 Å². The molecule has 3 rings (SSSR count). The lowest BCUT2D eigenvalue weighted by atomic mass is 10.0. The van der Waals surface area contributed by atoms with E-state index in [-0.39, 0.29) is 0 Å². The van der Waals surface area contributed by atoms with Crippen molar-refractivity contribution in [1.29, 1.82) is 0 Å². The normalized spacial score (nSPS) is 13.9. The molecular weight excluding hydrogens is 198 g/mol. The molecule has 0 bridgehead atoms. The quantitative estimate of drug-likeness (QED) is 0.671. The van der Waals surface area contributed by atoms with Gasteiger partial charge in [-0.05, 0) is 32.4 Å². The van der Waals surface area contributed by atoms with Gasteiger partial charge in [0, 0.05) is 17.4 Å². The van der Waals surface area contributed by atoms with Gasteiger partial charge >= 0.3 is 0 Å². The van der Waals surface area contributed by atoms with Crippen molar-refractivity contribution in [2.24, 2.45) is 0 Å². The van der Waals surface area contributed by atoms with Gasteiger partial charge in [0.2, 0.25) is 0 Å². The highest BCUT2D eigenvalue weighted by Crippen LogP contribution is 2.34. The van der Waals surface area contributed by atoms with E-state index in [0.717, 1.165) is 30.0 Å². The predicted octanol–water partition coefficient (Wildman–Crippen LogP) is 3.09. The Morgan fingerprint density at radius 2 is 2.00 bits per heavy atom. The number of hydrogen-bond acceptors (Lipinski definition) is 2. The SMILES string of the molecule is Cc1cc(C)c2nc3c(c(C)c2c1)OCC3. The van der Waals surface area contributed by atoms with E-state index in [1.165, 1.54) is 22.1 Å². The van der Waals surface area contributed by atoms with Crippen molar-refractivity contribution in [2.45, 2.75) is 27.2 Å². The molecule has 16 heavy (non-hydrogen) atoms. The van der Waals surface area contributed by atoms with Gasteiger partial charge in [-0.15, -0.1) is 0 Å². The van der Waals surface area contributed by atoms with Gasteiger partial charge in [0.15, 0.2) is 0 Å². The van der Waals surface area contributed by atoms with Crippen LogP contribution in [0, 0.1) is 20.8 Å². The van der Waals surface area contributed by atoms with Gasteiger partial charge in [-0.2, -0.15) is 0 Å². The molecule has 1 aliphatic heterocycles. The molecule has 0 radical (unpaired) electrons. The highest BCUT2D eigenvalue weighted by molar-refractivity contribution is 5.88. The summed E-state index contributed by atoms with van der Waals surface area (Å²) in [5.74, 6) is 1.01. The first-order valence-corrected chi connectivity index (χ1v) is 5.70. The first kappa shape index (κ1) is 9.64. The Morgan fingerprint density at radius 1 is 1.19 bits per heavy atom. The highest BCUT2D eigenvalue weighted by Gasteiger charge is 2.19. The average molecular weight is 213 g/mol. The molecule has 2 aromatic rings. The van der Waals surface area contributed by atoms with Crippen LogP contribution >= 0.6 is 0 Å². The molecule has 0 saturated carbocycles. The smallest absolute Gasteiger partial charge is 0.144 e. The molecule has 2 nitrogen and oxygen atoms in total. The molecule has 0 unspecified atom stereocenters. The molecule has 0 atom stereocenters. The fourth-order valence-corrected chi connectivity index (χ4v) is 2.53. The van der Waals surface area contributed by atoms with Gasteiger partial charge in [0.1, 0.15) is 5.75 Å².